The normalized spacial score (nSPS) is 17.3. The molecule has 5 rings (SSSR count). The Morgan fingerprint density at radius 3 is 2.13 bits per heavy atom. The summed E-state index contributed by atoms with van der Waals surface area (Å²) in [6.07, 6.45) is 0.763. The van der Waals surface area contributed by atoms with Gasteiger partial charge < -0.3 is 5.32 Å². The number of hydrogen-bond acceptors (Lipinski definition) is 5. The lowest BCUT2D eigenvalue weighted by Crippen LogP contribution is -2.42. The number of sulfonamides is 1. The lowest BCUT2D eigenvalue weighted by Gasteiger charge is -2.40. The van der Waals surface area contributed by atoms with Gasteiger partial charge in [-0.2, -0.15) is 14.7 Å². The minimum atomic E-state index is -9.73. The minimum Gasteiger partial charge on any atom is -0.382 e. The maximum absolute atomic E-state index is 13.2. The molecule has 39 heavy (non-hydrogen) atoms. The molecule has 1 saturated heterocycles. The van der Waals surface area contributed by atoms with Crippen LogP contribution in [0.4, 0.5) is 25.1 Å². The average molecular weight is 584 g/mol. The van der Waals surface area contributed by atoms with Crippen LogP contribution in [0.2, 0.25) is 0 Å². The summed E-state index contributed by atoms with van der Waals surface area (Å²) in [5, 5.41) is 19.6. The second-order valence-corrected chi connectivity index (χ2v) is 13.6. The Morgan fingerprint density at radius 2 is 1.54 bits per heavy atom. The van der Waals surface area contributed by atoms with Crippen LogP contribution in [0.5, 0.6) is 0 Å². The van der Waals surface area contributed by atoms with Gasteiger partial charge in [0, 0.05) is 30.2 Å². The Balaban J connectivity index is 1.23. The van der Waals surface area contributed by atoms with Crippen LogP contribution in [0.25, 0.3) is 22.0 Å². The molecule has 0 amide bonds. The summed E-state index contributed by atoms with van der Waals surface area (Å²) >= 11 is 0. The minimum absolute atomic E-state index is 0.117. The highest BCUT2D eigenvalue weighted by molar-refractivity contribution is 8.45. The molecule has 7 nitrogen and oxygen atoms in total. The van der Waals surface area contributed by atoms with Gasteiger partial charge in [-0.3, -0.25) is 5.10 Å². The van der Waals surface area contributed by atoms with Gasteiger partial charge in [-0.05, 0) is 72.5 Å². The van der Waals surface area contributed by atoms with Gasteiger partial charge in [0.1, 0.15) is 11.0 Å². The number of rotatable bonds is 6. The summed E-state index contributed by atoms with van der Waals surface area (Å²) in [6, 6.07) is 16.2. The van der Waals surface area contributed by atoms with Crippen molar-refractivity contribution in [3.05, 3.63) is 72.4 Å². The van der Waals surface area contributed by atoms with Crippen molar-refractivity contribution in [3.8, 4) is 17.2 Å². The second-order valence-electron chi connectivity index (χ2n) is 9.28. The number of hydrogen-bond donors (Lipinski definition) is 2. The van der Waals surface area contributed by atoms with Crippen molar-refractivity contribution in [3.63, 3.8) is 0 Å². The molecule has 14 heteroatoms. The number of aromatic amines is 1. The van der Waals surface area contributed by atoms with E-state index in [2.05, 4.69) is 15.5 Å². The molecule has 3 aromatic carbocycles. The SMILES string of the molecule is N#Cc1n[nH]c2ccc(-c3ccc(S(=O)(=O)N4CCC(Nc5ccc(S(F)(F)(F)(F)F)cc5)CC4)cc3)cc12. The zero-order valence-electron chi connectivity index (χ0n) is 20.1. The molecule has 1 aliphatic rings. The van der Waals surface area contributed by atoms with Gasteiger partial charge in [0.15, 0.2) is 5.69 Å². The van der Waals surface area contributed by atoms with Crippen molar-refractivity contribution >= 4 is 36.8 Å². The van der Waals surface area contributed by atoms with Crippen LogP contribution in [0.1, 0.15) is 18.5 Å². The topological polar surface area (TPSA) is 102 Å². The van der Waals surface area contributed by atoms with Crippen molar-refractivity contribution < 1.29 is 27.8 Å². The Morgan fingerprint density at radius 1 is 0.923 bits per heavy atom. The number of anilines is 1. The summed E-state index contributed by atoms with van der Waals surface area (Å²) in [5.41, 5.74) is 2.79. The van der Waals surface area contributed by atoms with Gasteiger partial charge in [0.2, 0.25) is 10.0 Å². The molecule has 0 aliphatic carbocycles. The molecule has 2 heterocycles. The number of nitrogens with zero attached hydrogens (tertiary/aromatic N) is 3. The molecule has 206 valence electrons. The highest BCUT2D eigenvalue weighted by Gasteiger charge is 2.65. The smallest absolute Gasteiger partial charge is 0.310 e. The molecular weight excluding hydrogens is 561 g/mol. The second kappa shape index (κ2) is 8.67. The van der Waals surface area contributed by atoms with E-state index in [4.69, 9.17) is 0 Å². The molecule has 0 atom stereocenters. The van der Waals surface area contributed by atoms with E-state index in [1.807, 2.05) is 18.2 Å². The largest absolute Gasteiger partial charge is 0.382 e. The first kappa shape index (κ1) is 26.9. The third-order valence-corrected chi connectivity index (χ3v) is 9.69. The summed E-state index contributed by atoms with van der Waals surface area (Å²) in [6.45, 7) is 0.360. The predicted octanol–water partition coefficient (Wildman–Crippen LogP) is 7.02. The quantitative estimate of drug-likeness (QED) is 0.238. The third kappa shape index (κ3) is 5.56. The lowest BCUT2D eigenvalue weighted by atomic mass is 10.0. The fourth-order valence-electron chi connectivity index (χ4n) is 4.53. The molecule has 1 aromatic heterocycles. The van der Waals surface area contributed by atoms with Gasteiger partial charge in [-0.1, -0.05) is 37.6 Å². The van der Waals surface area contributed by atoms with Gasteiger partial charge in [0.05, 0.1) is 10.4 Å². The number of nitriles is 1. The molecule has 0 saturated carbocycles. The maximum Gasteiger partial charge on any atom is 0.310 e. The number of piperidine rings is 1. The number of aromatic nitrogens is 2. The van der Waals surface area contributed by atoms with Gasteiger partial charge in [-0.25, -0.2) is 8.42 Å². The Hall–Kier alpha value is -3.67. The lowest BCUT2D eigenvalue weighted by molar-refractivity contribution is 0.330. The van der Waals surface area contributed by atoms with Crippen LogP contribution < -0.4 is 5.32 Å². The van der Waals surface area contributed by atoms with Crippen molar-refractivity contribution in [2.24, 2.45) is 0 Å². The number of nitrogens with one attached hydrogen (secondary N) is 2. The van der Waals surface area contributed by atoms with E-state index < -0.39 is 25.1 Å². The zero-order valence-corrected chi connectivity index (χ0v) is 21.8. The van der Waals surface area contributed by atoms with Crippen LogP contribution in [-0.2, 0) is 10.0 Å². The van der Waals surface area contributed by atoms with Crippen LogP contribution in [0.15, 0.2) is 76.5 Å². The molecule has 0 radical (unpaired) electrons. The van der Waals surface area contributed by atoms with E-state index in [1.165, 1.54) is 16.4 Å². The first-order chi connectivity index (χ1) is 18.1. The first-order valence-corrected chi connectivity index (χ1v) is 15.1. The number of benzene rings is 3. The monoisotopic (exact) mass is 583 g/mol. The van der Waals surface area contributed by atoms with Crippen LogP contribution >= 0.6 is 10.2 Å². The van der Waals surface area contributed by atoms with E-state index in [0.29, 0.717) is 35.9 Å². The van der Waals surface area contributed by atoms with Crippen LogP contribution in [-0.4, -0.2) is 42.1 Å². The number of halogens is 5. The van der Waals surface area contributed by atoms with Crippen molar-refractivity contribution in [2.45, 2.75) is 28.7 Å². The summed E-state index contributed by atoms with van der Waals surface area (Å²) in [5.74, 6) is 0. The van der Waals surface area contributed by atoms with E-state index in [-0.39, 0.29) is 35.4 Å². The summed E-state index contributed by atoms with van der Waals surface area (Å²) in [7, 11) is -13.5. The summed E-state index contributed by atoms with van der Waals surface area (Å²) in [4.78, 5) is -1.84. The Kier molecular flexibility index (Phi) is 5.98. The van der Waals surface area contributed by atoms with Crippen molar-refractivity contribution in [1.82, 2.24) is 14.5 Å². The maximum atomic E-state index is 13.2. The van der Waals surface area contributed by atoms with Crippen molar-refractivity contribution in [1.29, 1.82) is 5.26 Å². The van der Waals surface area contributed by atoms with E-state index in [0.717, 1.165) is 23.3 Å². The van der Waals surface area contributed by atoms with Gasteiger partial charge >= 0.3 is 10.2 Å². The fourth-order valence-corrected chi connectivity index (χ4v) is 6.65. The van der Waals surface area contributed by atoms with Crippen LogP contribution in [0.3, 0.4) is 0 Å². The molecule has 2 N–H and O–H groups in total. The molecule has 0 unspecified atom stereocenters. The summed E-state index contributed by atoms with van der Waals surface area (Å²) < 4.78 is 92.3. The third-order valence-electron chi connectivity index (χ3n) is 6.62. The van der Waals surface area contributed by atoms with Crippen molar-refractivity contribution in [2.75, 3.05) is 18.4 Å². The standard InChI is InChI=1S/C25H22F5N5O2S2/c26-39(27,28,29,30)22-8-4-19(5-9-22)32-20-11-13-35(14-12-20)38(36,37)21-6-1-17(2-7-21)18-3-10-24-23(15-18)25(16-31)34-33-24/h1-10,15,20,32H,11-14H2,(H,33,34). The molecular formula is C25H22F5N5O2S2. The van der Waals surface area contributed by atoms with Gasteiger partial charge in [-0.15, -0.1) is 0 Å². The zero-order chi connectivity index (χ0) is 28.1. The molecule has 1 aliphatic heterocycles. The van der Waals surface area contributed by atoms with E-state index >= 15 is 0 Å². The molecule has 4 aromatic rings. The molecule has 0 spiro atoms. The molecule has 0 bridgehead atoms. The number of H-pyrrole nitrogens is 1. The Labute approximate surface area is 221 Å². The average Bonchev–Trinajstić information content (AvgIpc) is 3.30. The fraction of sp³-hybridized carbons (Fsp3) is 0.200. The first-order valence-electron chi connectivity index (χ1n) is 11.7. The van der Waals surface area contributed by atoms with Crippen LogP contribution in [0, 0.1) is 11.3 Å². The van der Waals surface area contributed by atoms with Gasteiger partial charge in [0.25, 0.3) is 0 Å². The highest BCUT2D eigenvalue weighted by atomic mass is 32.5. The highest BCUT2D eigenvalue weighted by Crippen LogP contribution is 3.02. The molecule has 1 fully saturated rings. The van der Waals surface area contributed by atoms with E-state index in [9.17, 15) is 33.1 Å². The van der Waals surface area contributed by atoms with E-state index in [1.54, 1.807) is 18.2 Å². The number of fused-ring (bicyclic) bond motifs is 1. The predicted molar refractivity (Wildman–Crippen MR) is 139 cm³/mol. The Bertz CT molecular complexity index is 1690.